The molecule has 16 heteroatoms. The van der Waals surface area contributed by atoms with Crippen LogP contribution >= 0.6 is 0 Å². The summed E-state index contributed by atoms with van der Waals surface area (Å²) < 4.78 is 34.4. The molecule has 43 heavy (non-hydrogen) atoms. The Labute approximate surface area is 272 Å². The first-order chi connectivity index (χ1) is 20.0. The van der Waals surface area contributed by atoms with E-state index in [1.54, 1.807) is 0 Å². The molecule has 1 saturated carbocycles. The summed E-state index contributed by atoms with van der Waals surface area (Å²) in [4.78, 5) is 12.0. The molecule has 0 aromatic rings. The zero-order valence-corrected chi connectivity index (χ0v) is 26.6. The quantitative estimate of drug-likeness (QED) is 0.105. The second kappa shape index (κ2) is 17.2. The Kier molecular flexibility index (Phi) is 15.0. The number of hydrogen-bond acceptors (Lipinski definition) is 15. The minimum atomic E-state index is -1.71. The van der Waals surface area contributed by atoms with Crippen molar-refractivity contribution in [1.82, 2.24) is 0 Å². The van der Waals surface area contributed by atoms with Crippen molar-refractivity contribution in [3.8, 4) is 0 Å². The average Bonchev–Trinajstić information content (AvgIpc) is 2.98. The van der Waals surface area contributed by atoms with Crippen LogP contribution in [0.15, 0.2) is 0 Å². The van der Waals surface area contributed by atoms with Crippen molar-refractivity contribution in [1.29, 1.82) is 0 Å². The van der Waals surface area contributed by atoms with Crippen molar-refractivity contribution in [2.24, 2.45) is 5.92 Å². The van der Waals surface area contributed by atoms with E-state index < -0.39 is 105 Å². The average molecular weight is 633 g/mol. The number of carboxylic acid groups (broad SMARTS) is 1. The largest absolute Gasteiger partial charge is 1.00 e. The predicted octanol–water partition coefficient (Wildman–Crippen LogP) is -6.72. The molecule has 0 amide bonds. The summed E-state index contributed by atoms with van der Waals surface area (Å²) in [5.41, 5.74) is 0. The molecule has 4 rings (SSSR count). The Bertz CT molecular complexity index is 849. The Morgan fingerprint density at radius 1 is 0.814 bits per heavy atom. The molecule has 0 bridgehead atoms. The van der Waals surface area contributed by atoms with Gasteiger partial charge in [0.2, 0.25) is 0 Å². The van der Waals surface area contributed by atoms with Crippen molar-refractivity contribution >= 4 is 5.97 Å². The van der Waals surface area contributed by atoms with E-state index in [-0.39, 0.29) is 54.9 Å². The third-order valence-corrected chi connectivity index (χ3v) is 8.73. The fourth-order valence-electron chi connectivity index (χ4n) is 6.21. The molecule has 3 heterocycles. The third kappa shape index (κ3) is 9.06. The van der Waals surface area contributed by atoms with Crippen LogP contribution < -0.4 is 34.7 Å². The second-order valence-electron chi connectivity index (χ2n) is 11.7. The van der Waals surface area contributed by atoms with Crippen LogP contribution in [0.5, 0.6) is 0 Å². The molecule has 3 saturated heterocycles. The van der Waals surface area contributed by atoms with Crippen molar-refractivity contribution in [2.45, 2.75) is 138 Å². The maximum atomic E-state index is 12.0. The predicted molar refractivity (Wildman–Crippen MR) is 136 cm³/mol. The molecule has 0 aromatic heterocycles. The van der Waals surface area contributed by atoms with E-state index in [9.17, 15) is 45.6 Å². The van der Waals surface area contributed by atoms with Crippen LogP contribution in [-0.4, -0.2) is 147 Å². The zero-order valence-electron chi connectivity index (χ0n) is 24.6. The van der Waals surface area contributed by atoms with Crippen molar-refractivity contribution in [3.63, 3.8) is 0 Å². The fourth-order valence-corrected chi connectivity index (χ4v) is 6.21. The Balaban J connectivity index is 0.00000506. The molecule has 1 aliphatic carbocycles. The zero-order chi connectivity index (χ0) is 30.6. The van der Waals surface area contributed by atoms with Gasteiger partial charge in [-0.15, -0.1) is 0 Å². The Morgan fingerprint density at radius 2 is 1.47 bits per heavy atom. The van der Waals surface area contributed by atoms with Crippen LogP contribution in [0.25, 0.3) is 0 Å². The van der Waals surface area contributed by atoms with Gasteiger partial charge in [0.1, 0.15) is 54.9 Å². The third-order valence-electron chi connectivity index (χ3n) is 8.73. The van der Waals surface area contributed by atoms with Crippen LogP contribution in [0.3, 0.4) is 0 Å². The van der Waals surface area contributed by atoms with Crippen LogP contribution in [0.2, 0.25) is 0 Å². The van der Waals surface area contributed by atoms with E-state index in [0.717, 1.165) is 32.1 Å². The molecule has 7 N–H and O–H groups in total. The van der Waals surface area contributed by atoms with Gasteiger partial charge in [-0.2, -0.15) is 0 Å². The first-order valence-electron chi connectivity index (χ1n) is 14.8. The molecule has 0 spiro atoms. The molecule has 244 valence electrons. The van der Waals surface area contributed by atoms with Gasteiger partial charge in [0, 0.05) is 6.61 Å². The number of ether oxygens (including phenoxy) is 6. The summed E-state index contributed by atoms with van der Waals surface area (Å²) in [5.74, 6) is -1.40. The summed E-state index contributed by atoms with van der Waals surface area (Å²) >= 11 is 0. The van der Waals surface area contributed by atoms with E-state index >= 15 is 0 Å². The molecular formula is C27H45NaO15. The molecule has 0 aromatic carbocycles. The number of hydrogen-bond donors (Lipinski definition) is 7. The minimum Gasteiger partial charge on any atom is -0.547 e. The summed E-state index contributed by atoms with van der Waals surface area (Å²) in [7, 11) is 0. The molecule has 0 radical (unpaired) electrons. The number of aliphatic hydroxyl groups is 7. The fraction of sp³-hybridized carbons (Fsp3) is 0.963. The van der Waals surface area contributed by atoms with Crippen molar-refractivity contribution in [2.75, 3.05) is 19.8 Å². The number of aliphatic carboxylic acids is 1. The van der Waals surface area contributed by atoms with Gasteiger partial charge < -0.3 is 74.1 Å². The minimum absolute atomic E-state index is 0. The monoisotopic (exact) mass is 632 g/mol. The van der Waals surface area contributed by atoms with Gasteiger partial charge in [-0.25, -0.2) is 0 Å². The van der Waals surface area contributed by atoms with Gasteiger partial charge in [0.25, 0.3) is 0 Å². The van der Waals surface area contributed by atoms with Gasteiger partial charge >= 0.3 is 29.6 Å². The number of carboxylic acids is 1. The summed E-state index contributed by atoms with van der Waals surface area (Å²) in [6.45, 7) is 0.357. The number of carbonyl (C=O) groups excluding carboxylic acids is 1. The van der Waals surface area contributed by atoms with E-state index in [2.05, 4.69) is 0 Å². The maximum Gasteiger partial charge on any atom is 1.00 e. The Hall–Kier alpha value is -0.0500. The van der Waals surface area contributed by atoms with E-state index in [1.165, 1.54) is 6.92 Å². The van der Waals surface area contributed by atoms with Gasteiger partial charge in [0.05, 0.1) is 37.5 Å². The number of aliphatic hydroxyl groups excluding tert-OH is 7. The number of rotatable bonds is 11. The van der Waals surface area contributed by atoms with Gasteiger partial charge in [-0.1, -0.05) is 32.1 Å². The van der Waals surface area contributed by atoms with E-state index in [4.69, 9.17) is 28.4 Å². The van der Waals surface area contributed by atoms with Gasteiger partial charge in [-0.3, -0.25) is 0 Å². The SMILES string of the molecule is C[C@@H]1O[C@@H](O[C@@H]2[C@@H](CO)OCC[C@H]2O[C@@H]2O[C@H](CO)[C@H](O)[C@H](O[C@@H](CC3CCCCC3)C(=O)[O-])[C@H]2O)[C@@H](O)[C@H](O)[C@@H]1O.[Na+]. The normalized spacial score (nSPS) is 43.5. The summed E-state index contributed by atoms with van der Waals surface area (Å²) in [6.07, 6.45) is -14.1. The van der Waals surface area contributed by atoms with Crippen molar-refractivity contribution in [3.05, 3.63) is 0 Å². The second-order valence-corrected chi connectivity index (χ2v) is 11.7. The summed E-state index contributed by atoms with van der Waals surface area (Å²) in [6, 6.07) is 0. The standard InChI is InChI=1S/C27H46O15.Na/c1-12-18(30)20(32)21(33)26(38-12)42-23-14(7-8-37-17(23)11-29)40-27-22(34)24(19(31)16(10-28)41-27)39-15(25(35)36)9-13-5-3-2-4-6-13;/h12-24,26-34H,2-11H2,1H3,(H,35,36);/q;+1/p-1/t12-,14+,15-,16+,17+,18+,19-,20+,21-,22+,23-,24-,26-,27+;/m0./s1. The molecule has 0 unspecified atom stereocenters. The molecule has 3 aliphatic heterocycles. The topological polar surface area (TPSA) is 237 Å². The maximum absolute atomic E-state index is 12.0. The first kappa shape index (κ1) is 37.4. The summed E-state index contributed by atoms with van der Waals surface area (Å²) in [5, 5.41) is 84.4. The number of carbonyl (C=O) groups is 1. The van der Waals surface area contributed by atoms with Crippen molar-refractivity contribution < 1.29 is 104 Å². The van der Waals surface area contributed by atoms with Gasteiger partial charge in [0.15, 0.2) is 12.6 Å². The Morgan fingerprint density at radius 3 is 2.09 bits per heavy atom. The molecule has 15 nitrogen and oxygen atoms in total. The van der Waals surface area contributed by atoms with Crippen LogP contribution in [-0.2, 0) is 33.2 Å². The molecule has 4 fully saturated rings. The van der Waals surface area contributed by atoms with E-state index in [0.29, 0.717) is 0 Å². The van der Waals surface area contributed by atoms with E-state index in [1.807, 2.05) is 0 Å². The molecule has 14 atom stereocenters. The molecule has 4 aliphatic rings. The van der Waals surface area contributed by atoms with Crippen LogP contribution in [0.4, 0.5) is 0 Å². The van der Waals surface area contributed by atoms with Gasteiger partial charge in [-0.05, 0) is 25.7 Å². The molecular weight excluding hydrogens is 587 g/mol. The van der Waals surface area contributed by atoms with Crippen LogP contribution in [0.1, 0.15) is 51.9 Å². The first-order valence-corrected chi connectivity index (χ1v) is 14.8. The smallest absolute Gasteiger partial charge is 0.547 e. The van der Waals surface area contributed by atoms with Crippen LogP contribution in [0, 0.1) is 5.92 Å².